The second-order valence-electron chi connectivity index (χ2n) is 4.45. The van der Waals surface area contributed by atoms with E-state index >= 15 is 0 Å². The molecule has 0 aliphatic rings. The molecule has 6 nitrogen and oxygen atoms in total. The van der Waals surface area contributed by atoms with Gasteiger partial charge in [0, 0.05) is 12.6 Å². The summed E-state index contributed by atoms with van der Waals surface area (Å²) in [6, 6.07) is 4.94. The lowest BCUT2D eigenvalue weighted by Crippen LogP contribution is -2.37. The van der Waals surface area contributed by atoms with Gasteiger partial charge in [0.1, 0.15) is 9.79 Å². The zero-order valence-electron chi connectivity index (χ0n) is 11.4. The Morgan fingerprint density at radius 3 is 2.10 bits per heavy atom. The second-order valence-corrected chi connectivity index (χ2v) is 7.84. The van der Waals surface area contributed by atoms with Crippen LogP contribution in [0, 0.1) is 0 Å². The molecule has 0 atom stereocenters. The molecule has 20 heavy (non-hydrogen) atoms. The Morgan fingerprint density at radius 2 is 1.70 bits per heavy atom. The van der Waals surface area contributed by atoms with Crippen molar-refractivity contribution in [2.24, 2.45) is 5.14 Å². The van der Waals surface area contributed by atoms with Crippen LogP contribution in [0.2, 0.25) is 0 Å². The molecule has 0 saturated heterocycles. The molecule has 112 valence electrons. The fraction of sp³-hybridized carbons (Fsp3) is 0.333. The first-order valence-electron chi connectivity index (χ1n) is 5.87. The van der Waals surface area contributed by atoms with Crippen LogP contribution in [-0.2, 0) is 20.0 Å². The van der Waals surface area contributed by atoms with E-state index in [4.69, 9.17) is 5.14 Å². The summed E-state index contributed by atoms with van der Waals surface area (Å²) in [6.45, 7) is 6.98. The summed E-state index contributed by atoms with van der Waals surface area (Å²) in [5.74, 6) is 0. The van der Waals surface area contributed by atoms with E-state index in [1.54, 1.807) is 13.8 Å². The Bertz CT molecular complexity index is 694. The molecule has 8 heteroatoms. The van der Waals surface area contributed by atoms with Crippen molar-refractivity contribution in [2.45, 2.75) is 29.7 Å². The quantitative estimate of drug-likeness (QED) is 0.789. The Labute approximate surface area is 120 Å². The van der Waals surface area contributed by atoms with Crippen LogP contribution in [0.1, 0.15) is 13.8 Å². The molecule has 2 N–H and O–H groups in total. The zero-order chi connectivity index (χ0) is 15.6. The minimum atomic E-state index is -4.12. The third-order valence-corrected chi connectivity index (χ3v) is 5.83. The van der Waals surface area contributed by atoms with E-state index in [0.29, 0.717) is 0 Å². The van der Waals surface area contributed by atoms with Gasteiger partial charge in [-0.15, -0.1) is 6.58 Å². The van der Waals surface area contributed by atoms with Crippen LogP contribution in [0.3, 0.4) is 0 Å². The van der Waals surface area contributed by atoms with E-state index in [2.05, 4.69) is 6.58 Å². The average molecular weight is 318 g/mol. The molecule has 0 spiro atoms. The summed E-state index contributed by atoms with van der Waals surface area (Å²) in [7, 11) is -8.10. The molecule has 0 bridgehead atoms. The van der Waals surface area contributed by atoms with Gasteiger partial charge in [-0.05, 0) is 26.0 Å². The SMILES string of the molecule is C=CCN(C(C)C)S(=O)(=O)c1ccccc1S(N)(=O)=O. The van der Waals surface area contributed by atoms with Crippen molar-refractivity contribution in [1.82, 2.24) is 4.31 Å². The summed E-state index contributed by atoms with van der Waals surface area (Å²) < 4.78 is 49.4. The topological polar surface area (TPSA) is 97.5 Å². The van der Waals surface area contributed by atoms with Gasteiger partial charge < -0.3 is 0 Å². The maximum Gasteiger partial charge on any atom is 0.244 e. The van der Waals surface area contributed by atoms with Crippen LogP contribution in [0.5, 0.6) is 0 Å². The van der Waals surface area contributed by atoms with Crippen molar-refractivity contribution in [1.29, 1.82) is 0 Å². The molecule has 0 amide bonds. The Balaban J connectivity index is 3.54. The lowest BCUT2D eigenvalue weighted by Gasteiger charge is -2.25. The largest absolute Gasteiger partial charge is 0.244 e. The molecule has 0 aliphatic heterocycles. The lowest BCUT2D eigenvalue weighted by atomic mass is 10.4. The summed E-state index contributed by atoms with van der Waals surface area (Å²) in [5.41, 5.74) is 0. The van der Waals surface area contributed by atoms with Crippen molar-refractivity contribution in [3.05, 3.63) is 36.9 Å². The maximum absolute atomic E-state index is 12.6. The molecule has 0 unspecified atom stereocenters. The van der Waals surface area contributed by atoms with Gasteiger partial charge in [-0.2, -0.15) is 4.31 Å². The summed E-state index contributed by atoms with van der Waals surface area (Å²) in [4.78, 5) is -0.729. The van der Waals surface area contributed by atoms with E-state index in [9.17, 15) is 16.8 Å². The van der Waals surface area contributed by atoms with Gasteiger partial charge >= 0.3 is 0 Å². The summed E-state index contributed by atoms with van der Waals surface area (Å²) in [5, 5.41) is 5.07. The number of nitrogens with zero attached hydrogens (tertiary/aromatic N) is 1. The number of benzene rings is 1. The number of nitrogens with two attached hydrogens (primary N) is 1. The fourth-order valence-corrected chi connectivity index (χ4v) is 4.70. The second kappa shape index (κ2) is 6.04. The minimum Gasteiger partial charge on any atom is -0.225 e. The first kappa shape index (κ1) is 16.8. The van der Waals surface area contributed by atoms with Gasteiger partial charge in [0.05, 0.1) is 0 Å². The molecular weight excluding hydrogens is 300 g/mol. The van der Waals surface area contributed by atoms with Crippen LogP contribution in [0.25, 0.3) is 0 Å². The number of rotatable bonds is 6. The van der Waals surface area contributed by atoms with E-state index in [1.165, 1.54) is 30.3 Å². The molecule has 1 aromatic rings. The van der Waals surface area contributed by atoms with E-state index in [0.717, 1.165) is 4.31 Å². The van der Waals surface area contributed by atoms with Crippen molar-refractivity contribution >= 4 is 20.0 Å². The molecule has 0 fully saturated rings. The molecule has 0 heterocycles. The predicted octanol–water partition coefficient (Wildman–Crippen LogP) is 0.919. The summed E-state index contributed by atoms with van der Waals surface area (Å²) in [6.07, 6.45) is 1.44. The van der Waals surface area contributed by atoms with Crippen LogP contribution in [0.15, 0.2) is 46.7 Å². The van der Waals surface area contributed by atoms with Gasteiger partial charge in [0.15, 0.2) is 0 Å². The normalized spacial score (nSPS) is 12.8. The zero-order valence-corrected chi connectivity index (χ0v) is 13.0. The van der Waals surface area contributed by atoms with Gasteiger partial charge in [0.25, 0.3) is 0 Å². The highest BCUT2D eigenvalue weighted by molar-refractivity contribution is 7.92. The van der Waals surface area contributed by atoms with Gasteiger partial charge in [-0.3, -0.25) is 0 Å². The Kier molecular flexibility index (Phi) is 5.09. The van der Waals surface area contributed by atoms with Crippen LogP contribution in [-0.4, -0.2) is 33.7 Å². The van der Waals surface area contributed by atoms with Crippen LogP contribution < -0.4 is 5.14 Å². The van der Waals surface area contributed by atoms with Gasteiger partial charge in [0.2, 0.25) is 20.0 Å². The molecule has 0 aliphatic carbocycles. The highest BCUT2D eigenvalue weighted by Crippen LogP contribution is 2.24. The number of hydrogen-bond donors (Lipinski definition) is 1. The third-order valence-electron chi connectivity index (χ3n) is 2.63. The predicted molar refractivity (Wildman–Crippen MR) is 77.0 cm³/mol. The highest BCUT2D eigenvalue weighted by atomic mass is 32.2. The van der Waals surface area contributed by atoms with Crippen LogP contribution >= 0.6 is 0 Å². The Morgan fingerprint density at radius 1 is 1.20 bits per heavy atom. The van der Waals surface area contributed by atoms with Crippen LogP contribution in [0.4, 0.5) is 0 Å². The number of hydrogen-bond acceptors (Lipinski definition) is 4. The molecule has 0 aromatic heterocycles. The molecule has 0 saturated carbocycles. The monoisotopic (exact) mass is 318 g/mol. The van der Waals surface area contributed by atoms with E-state index < -0.39 is 24.9 Å². The third kappa shape index (κ3) is 3.45. The lowest BCUT2D eigenvalue weighted by molar-refractivity contribution is 0.381. The van der Waals surface area contributed by atoms with Crippen molar-refractivity contribution in [3.8, 4) is 0 Å². The fourth-order valence-electron chi connectivity index (χ4n) is 1.74. The average Bonchev–Trinajstić information content (AvgIpc) is 2.34. The minimum absolute atomic E-state index is 0.0823. The molecular formula is C12H18N2O4S2. The molecule has 0 radical (unpaired) electrons. The molecule has 1 rings (SSSR count). The number of sulfonamides is 2. The van der Waals surface area contributed by atoms with Gasteiger partial charge in [-0.1, -0.05) is 18.2 Å². The maximum atomic E-state index is 12.6. The molecule has 1 aromatic carbocycles. The first-order chi connectivity index (χ1) is 9.12. The van der Waals surface area contributed by atoms with Crippen molar-refractivity contribution in [2.75, 3.05) is 6.54 Å². The number of primary sulfonamides is 1. The van der Waals surface area contributed by atoms with E-state index in [-0.39, 0.29) is 17.5 Å². The van der Waals surface area contributed by atoms with E-state index in [1.807, 2.05) is 0 Å². The standard InChI is InChI=1S/C12H18N2O4S2/c1-4-9-14(10(2)3)20(17,18)12-8-6-5-7-11(12)19(13,15)16/h4-8,10H,1,9H2,2-3H3,(H2,13,15,16). The smallest absolute Gasteiger partial charge is 0.225 e. The first-order valence-corrected chi connectivity index (χ1v) is 8.85. The van der Waals surface area contributed by atoms with Crippen molar-refractivity contribution in [3.63, 3.8) is 0 Å². The van der Waals surface area contributed by atoms with Gasteiger partial charge in [-0.25, -0.2) is 22.0 Å². The highest BCUT2D eigenvalue weighted by Gasteiger charge is 2.30. The summed E-state index contributed by atoms with van der Waals surface area (Å²) >= 11 is 0. The Hall–Kier alpha value is -1.22. The van der Waals surface area contributed by atoms with Crippen molar-refractivity contribution < 1.29 is 16.8 Å².